The van der Waals surface area contributed by atoms with Gasteiger partial charge in [0.1, 0.15) is 6.04 Å². The Morgan fingerprint density at radius 2 is 1.50 bits per heavy atom. The summed E-state index contributed by atoms with van der Waals surface area (Å²) in [5.74, 6) is -2.15. The smallest absolute Gasteiger partial charge is 0.328 e. The zero-order valence-corrected chi connectivity index (χ0v) is 16.1. The second kappa shape index (κ2) is 17.2. The van der Waals surface area contributed by atoms with E-state index in [-0.39, 0.29) is 12.8 Å². The first-order chi connectivity index (χ1) is 13.3. The lowest BCUT2D eigenvalue weighted by molar-refractivity contribution is -0.188. The van der Waals surface area contributed by atoms with Crippen LogP contribution in [0.2, 0.25) is 0 Å². The van der Waals surface area contributed by atoms with Gasteiger partial charge < -0.3 is 32.3 Å². The third kappa shape index (κ3) is 14.0. The molecule has 8 N–H and O–H groups in total. The molecular formula is C16H28N6O6. The molecule has 0 spiro atoms. The summed E-state index contributed by atoms with van der Waals surface area (Å²) in [5.41, 5.74) is 16.6. The minimum Gasteiger partial charge on any atom is -0.480 e. The van der Waals surface area contributed by atoms with Crippen LogP contribution in [0.25, 0.3) is 0 Å². The lowest BCUT2D eigenvalue weighted by Gasteiger charge is -2.06. The lowest BCUT2D eigenvalue weighted by Crippen LogP contribution is -2.30. The average Bonchev–Trinajstić information content (AvgIpc) is 2.66. The van der Waals surface area contributed by atoms with E-state index < -0.39 is 24.0 Å². The number of hydrogen-bond acceptors (Lipinski definition) is 10. The van der Waals surface area contributed by atoms with Crippen molar-refractivity contribution in [3.8, 4) is 0 Å². The van der Waals surface area contributed by atoms with Crippen molar-refractivity contribution < 1.29 is 29.6 Å². The fraction of sp³-hybridized carbons (Fsp3) is 0.438. The Bertz CT molecular complexity index is 615. The molecule has 0 aliphatic rings. The van der Waals surface area contributed by atoms with Crippen LogP contribution in [0.3, 0.4) is 0 Å². The van der Waals surface area contributed by atoms with Gasteiger partial charge >= 0.3 is 11.9 Å². The monoisotopic (exact) mass is 400 g/mol. The first-order valence-electron chi connectivity index (χ1n) is 7.98. The van der Waals surface area contributed by atoms with E-state index in [1.54, 1.807) is 13.8 Å². The average molecular weight is 400 g/mol. The quantitative estimate of drug-likeness (QED) is 0.137. The number of hydrogen-bond donors (Lipinski definition) is 5. The first-order valence-corrected chi connectivity index (χ1v) is 7.98. The van der Waals surface area contributed by atoms with Crippen LogP contribution in [-0.2, 0) is 19.4 Å². The van der Waals surface area contributed by atoms with Crippen LogP contribution in [0.1, 0.15) is 26.7 Å². The maximum absolute atomic E-state index is 10.8. The second-order valence-electron chi connectivity index (χ2n) is 4.81. The maximum atomic E-state index is 10.8. The molecule has 0 fully saturated rings. The molecule has 0 saturated carbocycles. The summed E-state index contributed by atoms with van der Waals surface area (Å²) in [6.45, 7) is 3.42. The molecule has 12 nitrogen and oxygen atoms in total. The summed E-state index contributed by atoms with van der Waals surface area (Å²) >= 11 is 0. The molecule has 0 amide bonds. The van der Waals surface area contributed by atoms with E-state index in [0.29, 0.717) is 11.4 Å². The zero-order valence-electron chi connectivity index (χ0n) is 16.1. The largest absolute Gasteiger partial charge is 0.480 e. The van der Waals surface area contributed by atoms with Gasteiger partial charge in [0.25, 0.3) is 0 Å². The van der Waals surface area contributed by atoms with Gasteiger partial charge in [0.2, 0.25) is 6.40 Å². The van der Waals surface area contributed by atoms with Crippen LogP contribution in [0.4, 0.5) is 0 Å². The van der Waals surface area contributed by atoms with E-state index in [9.17, 15) is 9.59 Å². The molecule has 0 aliphatic heterocycles. The van der Waals surface area contributed by atoms with E-state index in [4.69, 9.17) is 27.4 Å². The Balaban J connectivity index is 0. The second-order valence-corrected chi connectivity index (χ2v) is 4.81. The Hall–Kier alpha value is -3.25. The summed E-state index contributed by atoms with van der Waals surface area (Å²) in [5, 5.41) is 17.3. The number of aliphatic imine (C=N–C) groups is 3. The highest BCUT2D eigenvalue weighted by molar-refractivity contribution is 5.75. The van der Waals surface area contributed by atoms with Crippen LogP contribution in [-0.4, -0.2) is 60.2 Å². The third-order valence-electron chi connectivity index (χ3n) is 2.79. The molecule has 0 aromatic carbocycles. The van der Waals surface area contributed by atoms with E-state index in [2.05, 4.69) is 24.8 Å². The molecule has 0 heterocycles. The standard InChI is InChI=1S/C9H15N3O4.C7H13N3O2/c1-3-11-7(5-10)4-8(9(13)14)12-6-16-15-2;1-2-10-5(4-8)3-6(9)7(11)12/h3,5-6,8H,4,10H2,1-2H3,(H,13,14);2,4,6H,3,8-9H2,1H3,(H,11,12)/b7-5-,11-3?,12-6?;5-4-,10-2?/t8-;6-/m00/s1. The summed E-state index contributed by atoms with van der Waals surface area (Å²) in [6, 6.07) is -1.95. The molecular weight excluding hydrogens is 372 g/mol. The van der Waals surface area contributed by atoms with Gasteiger partial charge in [-0.3, -0.25) is 14.8 Å². The molecule has 2 atom stereocenters. The molecule has 12 heteroatoms. The Labute approximate surface area is 163 Å². The Morgan fingerprint density at radius 1 is 1.00 bits per heavy atom. The van der Waals surface area contributed by atoms with Crippen molar-refractivity contribution in [2.75, 3.05) is 7.11 Å². The Kier molecular flexibility index (Phi) is 16.5. The summed E-state index contributed by atoms with van der Waals surface area (Å²) in [7, 11) is 1.29. The predicted octanol–water partition coefficient (Wildman–Crippen LogP) is 0.00600. The summed E-state index contributed by atoms with van der Waals surface area (Å²) < 4.78 is 0. The van der Waals surface area contributed by atoms with Gasteiger partial charge in [-0.15, -0.1) is 0 Å². The molecule has 0 saturated heterocycles. The van der Waals surface area contributed by atoms with E-state index in [1.165, 1.54) is 31.9 Å². The molecule has 0 unspecified atom stereocenters. The number of aliphatic carboxylic acids is 2. The molecule has 0 radical (unpaired) electrons. The van der Waals surface area contributed by atoms with E-state index in [1.807, 2.05) is 0 Å². The Morgan fingerprint density at radius 3 is 1.86 bits per heavy atom. The van der Waals surface area contributed by atoms with Crippen LogP contribution in [0, 0.1) is 0 Å². The fourth-order valence-corrected chi connectivity index (χ4v) is 1.52. The van der Waals surface area contributed by atoms with Gasteiger partial charge in [-0.25, -0.2) is 9.79 Å². The minimum atomic E-state index is -1.10. The number of rotatable bonds is 11. The van der Waals surface area contributed by atoms with Crippen LogP contribution >= 0.6 is 0 Å². The predicted molar refractivity (Wildman–Crippen MR) is 106 cm³/mol. The molecule has 28 heavy (non-hydrogen) atoms. The number of carboxylic acid groups (broad SMARTS) is 2. The molecule has 0 bridgehead atoms. The molecule has 158 valence electrons. The van der Waals surface area contributed by atoms with Gasteiger partial charge in [0.05, 0.1) is 18.5 Å². The maximum Gasteiger partial charge on any atom is 0.328 e. The van der Waals surface area contributed by atoms with Gasteiger partial charge in [-0.2, -0.15) is 4.89 Å². The minimum absolute atomic E-state index is 0.0831. The molecule has 0 aromatic heterocycles. The summed E-state index contributed by atoms with van der Waals surface area (Å²) in [4.78, 5) is 41.1. The van der Waals surface area contributed by atoms with Crippen molar-refractivity contribution in [1.82, 2.24) is 0 Å². The summed E-state index contributed by atoms with van der Waals surface area (Å²) in [6.07, 6.45) is 6.70. The molecule has 0 rings (SSSR count). The van der Waals surface area contributed by atoms with Crippen LogP contribution in [0.5, 0.6) is 0 Å². The van der Waals surface area contributed by atoms with Gasteiger partial charge in [0, 0.05) is 37.7 Å². The van der Waals surface area contributed by atoms with Crippen molar-refractivity contribution in [3.63, 3.8) is 0 Å². The van der Waals surface area contributed by atoms with Gasteiger partial charge in [-0.05, 0) is 13.8 Å². The van der Waals surface area contributed by atoms with Gasteiger partial charge in [0.15, 0.2) is 6.04 Å². The van der Waals surface area contributed by atoms with Crippen molar-refractivity contribution in [1.29, 1.82) is 0 Å². The van der Waals surface area contributed by atoms with Crippen LogP contribution < -0.4 is 17.2 Å². The van der Waals surface area contributed by atoms with Crippen molar-refractivity contribution in [3.05, 3.63) is 23.8 Å². The number of nitrogens with zero attached hydrogens (tertiary/aromatic N) is 3. The highest BCUT2D eigenvalue weighted by atomic mass is 17.2. The normalized spacial score (nSPS) is 14.7. The SMILES string of the molecule is CC=N/C(=C\N)C[C@H](N)C(=O)O.CC=N/C(=C\N)C[C@H](N=COOC)C(=O)O. The molecule has 0 aliphatic carbocycles. The van der Waals surface area contributed by atoms with Crippen molar-refractivity contribution >= 4 is 30.8 Å². The fourth-order valence-electron chi connectivity index (χ4n) is 1.52. The van der Waals surface area contributed by atoms with Crippen molar-refractivity contribution in [2.24, 2.45) is 32.2 Å². The number of carboxylic acids is 2. The lowest BCUT2D eigenvalue weighted by atomic mass is 10.2. The zero-order chi connectivity index (χ0) is 21.9. The van der Waals surface area contributed by atoms with E-state index in [0.717, 1.165) is 6.40 Å². The third-order valence-corrected chi connectivity index (χ3v) is 2.79. The topological polar surface area (TPSA) is 208 Å². The molecule has 0 aromatic rings. The van der Waals surface area contributed by atoms with Crippen LogP contribution in [0.15, 0.2) is 38.8 Å². The highest BCUT2D eigenvalue weighted by Crippen LogP contribution is 2.09. The van der Waals surface area contributed by atoms with Gasteiger partial charge in [-0.1, -0.05) is 0 Å². The number of carbonyl (C=O) groups is 2. The first kappa shape index (κ1) is 27.0. The van der Waals surface area contributed by atoms with E-state index >= 15 is 0 Å². The van der Waals surface area contributed by atoms with Crippen molar-refractivity contribution in [2.45, 2.75) is 38.8 Å². The number of nitrogens with two attached hydrogens (primary N) is 3. The highest BCUT2D eigenvalue weighted by Gasteiger charge is 2.17.